The average molecular weight is 224 g/mol. The Kier molecular flexibility index (Phi) is 2.59. The Morgan fingerprint density at radius 1 is 1.62 bits per heavy atom. The van der Waals surface area contributed by atoms with E-state index in [0.717, 1.165) is 0 Å². The maximum absolute atomic E-state index is 11.6. The minimum atomic E-state index is -0.910. The Morgan fingerprint density at radius 2 is 2.38 bits per heavy atom. The quantitative estimate of drug-likeness (QED) is 0.650. The molecule has 2 rings (SSSR count). The van der Waals surface area contributed by atoms with E-state index >= 15 is 0 Å². The molecule has 1 aromatic rings. The molecule has 7 nitrogen and oxygen atoms in total. The van der Waals surface area contributed by atoms with Gasteiger partial charge in [-0.2, -0.15) is 5.10 Å². The number of carboxylic acids is 1. The summed E-state index contributed by atoms with van der Waals surface area (Å²) in [5, 5.41) is 17.7. The maximum Gasteiger partial charge on any atom is 0.307 e. The highest BCUT2D eigenvalue weighted by atomic mass is 16.4. The minimum Gasteiger partial charge on any atom is -0.481 e. The SMILES string of the molecule is CC(NC(=O)C1CC1C(=O)O)c1ncn[nH]1. The van der Waals surface area contributed by atoms with Gasteiger partial charge in [0.15, 0.2) is 0 Å². The molecule has 1 aliphatic rings. The Labute approximate surface area is 91.3 Å². The minimum absolute atomic E-state index is 0.240. The highest BCUT2D eigenvalue weighted by Crippen LogP contribution is 2.39. The van der Waals surface area contributed by atoms with Crippen LogP contribution >= 0.6 is 0 Å². The van der Waals surface area contributed by atoms with E-state index in [2.05, 4.69) is 20.5 Å². The predicted octanol–water partition coefficient (Wildman–Crippen LogP) is -0.297. The van der Waals surface area contributed by atoms with Gasteiger partial charge >= 0.3 is 5.97 Å². The molecular formula is C9H12N4O3. The molecule has 0 saturated heterocycles. The summed E-state index contributed by atoms with van der Waals surface area (Å²) in [6, 6.07) is -0.287. The van der Waals surface area contributed by atoms with Crippen LogP contribution in [0.3, 0.4) is 0 Å². The van der Waals surface area contributed by atoms with E-state index in [1.54, 1.807) is 6.92 Å². The molecule has 1 aromatic heterocycles. The number of nitrogens with one attached hydrogen (secondary N) is 2. The van der Waals surface area contributed by atoms with Crippen LogP contribution < -0.4 is 5.32 Å². The second-order valence-electron chi connectivity index (χ2n) is 3.89. The molecule has 0 bridgehead atoms. The third kappa shape index (κ3) is 2.02. The molecule has 0 aromatic carbocycles. The van der Waals surface area contributed by atoms with Gasteiger partial charge in [-0.1, -0.05) is 0 Å². The van der Waals surface area contributed by atoms with Crippen LogP contribution in [0, 0.1) is 11.8 Å². The molecule has 0 spiro atoms. The van der Waals surface area contributed by atoms with E-state index in [1.807, 2.05) is 0 Å². The van der Waals surface area contributed by atoms with Crippen LogP contribution in [0.4, 0.5) is 0 Å². The Bertz CT molecular complexity index is 403. The molecule has 3 unspecified atom stereocenters. The zero-order valence-electron chi connectivity index (χ0n) is 8.67. The number of aliphatic carboxylic acids is 1. The number of aromatic nitrogens is 3. The van der Waals surface area contributed by atoms with E-state index in [-0.39, 0.29) is 11.9 Å². The van der Waals surface area contributed by atoms with Crippen LogP contribution in [-0.2, 0) is 9.59 Å². The number of amides is 1. The van der Waals surface area contributed by atoms with Gasteiger partial charge in [-0.15, -0.1) is 0 Å². The number of hydrogen-bond acceptors (Lipinski definition) is 4. The van der Waals surface area contributed by atoms with Crippen molar-refractivity contribution in [1.82, 2.24) is 20.5 Å². The van der Waals surface area contributed by atoms with Crippen molar-refractivity contribution in [2.24, 2.45) is 11.8 Å². The fraction of sp³-hybridized carbons (Fsp3) is 0.556. The molecule has 3 atom stereocenters. The van der Waals surface area contributed by atoms with Crippen LogP contribution in [0.15, 0.2) is 6.33 Å². The van der Waals surface area contributed by atoms with Crippen molar-refractivity contribution in [3.05, 3.63) is 12.2 Å². The lowest BCUT2D eigenvalue weighted by molar-refractivity contribution is -0.140. The second-order valence-corrected chi connectivity index (χ2v) is 3.89. The molecule has 7 heteroatoms. The van der Waals surface area contributed by atoms with Crippen molar-refractivity contribution in [3.63, 3.8) is 0 Å². The van der Waals surface area contributed by atoms with Gasteiger partial charge in [0, 0.05) is 0 Å². The predicted molar refractivity (Wildman–Crippen MR) is 52.2 cm³/mol. The summed E-state index contributed by atoms with van der Waals surface area (Å²) in [5.74, 6) is -1.52. The lowest BCUT2D eigenvalue weighted by atomic mass is 10.2. The van der Waals surface area contributed by atoms with Gasteiger partial charge in [-0.25, -0.2) is 4.98 Å². The monoisotopic (exact) mass is 224 g/mol. The number of aromatic amines is 1. The van der Waals surface area contributed by atoms with Gasteiger partial charge in [0.1, 0.15) is 12.2 Å². The molecule has 1 saturated carbocycles. The largest absolute Gasteiger partial charge is 0.481 e. The smallest absolute Gasteiger partial charge is 0.307 e. The first-order chi connectivity index (χ1) is 7.59. The zero-order valence-corrected chi connectivity index (χ0v) is 8.67. The highest BCUT2D eigenvalue weighted by molar-refractivity contribution is 5.89. The topological polar surface area (TPSA) is 108 Å². The molecular weight excluding hydrogens is 212 g/mol. The number of carbonyl (C=O) groups is 2. The fourth-order valence-electron chi connectivity index (χ4n) is 1.57. The number of carbonyl (C=O) groups excluding carboxylic acids is 1. The molecule has 1 aliphatic carbocycles. The Balaban J connectivity index is 1.87. The first-order valence-electron chi connectivity index (χ1n) is 4.98. The summed E-state index contributed by atoms with van der Waals surface area (Å²) in [6.07, 6.45) is 1.78. The van der Waals surface area contributed by atoms with Gasteiger partial charge in [-0.3, -0.25) is 14.7 Å². The number of carboxylic acid groups (broad SMARTS) is 1. The molecule has 1 amide bonds. The van der Waals surface area contributed by atoms with E-state index in [9.17, 15) is 9.59 Å². The van der Waals surface area contributed by atoms with Crippen molar-refractivity contribution in [2.75, 3.05) is 0 Å². The maximum atomic E-state index is 11.6. The zero-order chi connectivity index (χ0) is 11.7. The normalized spacial score (nSPS) is 24.8. The van der Waals surface area contributed by atoms with Crippen molar-refractivity contribution in [1.29, 1.82) is 0 Å². The number of rotatable bonds is 4. The summed E-state index contributed by atoms with van der Waals surface area (Å²) < 4.78 is 0. The summed E-state index contributed by atoms with van der Waals surface area (Å²) >= 11 is 0. The van der Waals surface area contributed by atoms with Crippen LogP contribution in [0.25, 0.3) is 0 Å². The van der Waals surface area contributed by atoms with Crippen LogP contribution in [0.1, 0.15) is 25.2 Å². The van der Waals surface area contributed by atoms with E-state index in [0.29, 0.717) is 12.2 Å². The first-order valence-corrected chi connectivity index (χ1v) is 4.98. The second kappa shape index (κ2) is 3.92. The summed E-state index contributed by atoms with van der Waals surface area (Å²) in [7, 11) is 0. The standard InChI is InChI=1S/C9H12N4O3/c1-4(7-10-3-11-13-7)12-8(14)5-2-6(5)9(15)16/h3-6H,2H2,1H3,(H,12,14)(H,15,16)(H,10,11,13). The molecule has 1 fully saturated rings. The van der Waals surface area contributed by atoms with E-state index in [4.69, 9.17) is 5.11 Å². The Morgan fingerprint density at radius 3 is 2.88 bits per heavy atom. The number of H-pyrrole nitrogens is 1. The molecule has 3 N–H and O–H groups in total. The lowest BCUT2D eigenvalue weighted by Crippen LogP contribution is -2.29. The van der Waals surface area contributed by atoms with Gasteiger partial charge in [0.25, 0.3) is 0 Å². The molecule has 0 radical (unpaired) electrons. The summed E-state index contributed by atoms with van der Waals surface area (Å²) in [6.45, 7) is 1.76. The molecule has 16 heavy (non-hydrogen) atoms. The third-order valence-electron chi connectivity index (χ3n) is 2.65. The van der Waals surface area contributed by atoms with Crippen LogP contribution in [-0.4, -0.2) is 32.2 Å². The highest BCUT2D eigenvalue weighted by Gasteiger charge is 2.48. The van der Waals surface area contributed by atoms with Gasteiger partial charge < -0.3 is 10.4 Å². The first kappa shape index (κ1) is 10.6. The summed E-state index contributed by atoms with van der Waals surface area (Å²) in [5.41, 5.74) is 0. The Hall–Kier alpha value is -1.92. The van der Waals surface area contributed by atoms with E-state index < -0.39 is 17.8 Å². The van der Waals surface area contributed by atoms with Crippen LogP contribution in [0.5, 0.6) is 0 Å². The third-order valence-corrected chi connectivity index (χ3v) is 2.65. The summed E-state index contributed by atoms with van der Waals surface area (Å²) in [4.78, 5) is 26.1. The van der Waals surface area contributed by atoms with Gasteiger partial charge in [-0.05, 0) is 13.3 Å². The number of nitrogens with zero attached hydrogens (tertiary/aromatic N) is 2. The molecule has 86 valence electrons. The lowest BCUT2D eigenvalue weighted by Gasteiger charge is -2.10. The molecule has 1 heterocycles. The fourth-order valence-corrected chi connectivity index (χ4v) is 1.57. The van der Waals surface area contributed by atoms with Crippen molar-refractivity contribution < 1.29 is 14.7 Å². The van der Waals surface area contributed by atoms with Crippen molar-refractivity contribution in [3.8, 4) is 0 Å². The van der Waals surface area contributed by atoms with Crippen molar-refractivity contribution >= 4 is 11.9 Å². The number of hydrogen-bond donors (Lipinski definition) is 3. The van der Waals surface area contributed by atoms with Gasteiger partial charge in [0.05, 0.1) is 17.9 Å². The molecule has 0 aliphatic heterocycles. The van der Waals surface area contributed by atoms with Gasteiger partial charge in [0.2, 0.25) is 5.91 Å². The average Bonchev–Trinajstić information content (AvgIpc) is 2.85. The van der Waals surface area contributed by atoms with Crippen LogP contribution in [0.2, 0.25) is 0 Å². The van der Waals surface area contributed by atoms with E-state index in [1.165, 1.54) is 6.33 Å². The van der Waals surface area contributed by atoms with Crippen molar-refractivity contribution in [2.45, 2.75) is 19.4 Å².